The van der Waals surface area contributed by atoms with E-state index in [1.165, 1.54) is 15.6 Å². The molecule has 0 atom stereocenters. The molecule has 104 valence electrons. The van der Waals surface area contributed by atoms with Crippen LogP contribution < -0.4 is 10.2 Å². The van der Waals surface area contributed by atoms with Gasteiger partial charge in [0.2, 0.25) is 0 Å². The maximum atomic E-state index is 12.4. The second kappa shape index (κ2) is 4.86. The first-order valence-electron chi connectivity index (χ1n) is 6.80. The highest BCUT2D eigenvalue weighted by Gasteiger charge is 2.25. The van der Waals surface area contributed by atoms with E-state index >= 15 is 0 Å². The first kappa shape index (κ1) is 12.3. The molecule has 4 nitrogen and oxygen atoms in total. The topological polar surface area (TPSA) is 45.2 Å². The summed E-state index contributed by atoms with van der Waals surface area (Å²) < 4.78 is 1.28. The van der Waals surface area contributed by atoms with Gasteiger partial charge in [0.1, 0.15) is 0 Å². The Hall–Kier alpha value is -2.40. The molecule has 0 fully saturated rings. The third kappa shape index (κ3) is 2.15. The maximum absolute atomic E-state index is 12.4. The van der Waals surface area contributed by atoms with Crippen LogP contribution in [-0.2, 0) is 6.42 Å². The minimum Gasteiger partial charge on any atom is -0.307 e. The van der Waals surface area contributed by atoms with E-state index in [2.05, 4.69) is 33.9 Å². The van der Waals surface area contributed by atoms with E-state index in [0.29, 0.717) is 0 Å². The minimum atomic E-state index is -0.0884. The lowest BCUT2D eigenvalue weighted by atomic mass is 10.1. The van der Waals surface area contributed by atoms with Crippen LogP contribution in [0.5, 0.6) is 0 Å². The number of benzene rings is 1. The molecule has 3 aromatic rings. The first-order valence-corrected chi connectivity index (χ1v) is 7.68. The number of pyridine rings is 1. The molecule has 3 heterocycles. The standard InChI is InChI=1S/C16H13N3OS/c20-16(18-13-1-5-17-6-2-13)19-7-3-11-10-15-12(4-8-21-15)9-14(11)19/h1-2,4-6,8-10H,3,7H2,(H,17,18,20). The number of carbonyl (C=O) groups excluding carboxylic acids is 1. The van der Waals surface area contributed by atoms with Crippen LogP contribution in [0, 0.1) is 0 Å². The third-order valence-electron chi connectivity index (χ3n) is 3.73. The van der Waals surface area contributed by atoms with Crippen LogP contribution >= 0.6 is 11.3 Å². The van der Waals surface area contributed by atoms with Gasteiger partial charge in [-0.3, -0.25) is 9.88 Å². The van der Waals surface area contributed by atoms with Crippen LogP contribution in [0.4, 0.5) is 16.2 Å². The number of hydrogen-bond acceptors (Lipinski definition) is 3. The lowest BCUT2D eigenvalue weighted by Crippen LogP contribution is -2.33. The highest BCUT2D eigenvalue weighted by Crippen LogP contribution is 2.34. The molecule has 0 radical (unpaired) electrons. The molecule has 1 aliphatic rings. The fourth-order valence-electron chi connectivity index (χ4n) is 2.68. The van der Waals surface area contributed by atoms with E-state index in [-0.39, 0.29) is 6.03 Å². The van der Waals surface area contributed by atoms with Crippen LogP contribution in [-0.4, -0.2) is 17.6 Å². The highest BCUT2D eigenvalue weighted by atomic mass is 32.1. The van der Waals surface area contributed by atoms with Crippen molar-refractivity contribution in [3.05, 3.63) is 53.7 Å². The zero-order chi connectivity index (χ0) is 14.2. The number of nitrogens with zero attached hydrogens (tertiary/aromatic N) is 2. The molecule has 0 saturated carbocycles. The van der Waals surface area contributed by atoms with Gasteiger partial charge < -0.3 is 5.32 Å². The SMILES string of the molecule is O=C(Nc1ccncc1)N1CCc2cc3sccc3cc21. The molecule has 1 aromatic carbocycles. The lowest BCUT2D eigenvalue weighted by Gasteiger charge is -2.18. The van der Waals surface area contributed by atoms with Gasteiger partial charge in [0, 0.05) is 35.0 Å². The van der Waals surface area contributed by atoms with E-state index < -0.39 is 0 Å². The molecule has 1 aliphatic heterocycles. The lowest BCUT2D eigenvalue weighted by molar-refractivity contribution is 0.257. The van der Waals surface area contributed by atoms with E-state index in [0.717, 1.165) is 24.3 Å². The number of amides is 2. The first-order chi connectivity index (χ1) is 10.3. The highest BCUT2D eigenvalue weighted by molar-refractivity contribution is 7.17. The van der Waals surface area contributed by atoms with Gasteiger partial charge in [0.25, 0.3) is 0 Å². The van der Waals surface area contributed by atoms with Crippen LogP contribution in [0.15, 0.2) is 48.1 Å². The van der Waals surface area contributed by atoms with Gasteiger partial charge in [-0.05, 0) is 53.1 Å². The van der Waals surface area contributed by atoms with E-state index in [1.807, 2.05) is 4.90 Å². The number of nitrogens with one attached hydrogen (secondary N) is 1. The Morgan fingerprint density at radius 1 is 1.24 bits per heavy atom. The van der Waals surface area contributed by atoms with Gasteiger partial charge in [-0.1, -0.05) is 0 Å². The number of fused-ring (bicyclic) bond motifs is 2. The fourth-order valence-corrected chi connectivity index (χ4v) is 3.52. The van der Waals surface area contributed by atoms with Gasteiger partial charge in [-0.15, -0.1) is 11.3 Å². The number of rotatable bonds is 1. The summed E-state index contributed by atoms with van der Waals surface area (Å²) in [6.45, 7) is 0.726. The quantitative estimate of drug-likeness (QED) is 0.740. The summed E-state index contributed by atoms with van der Waals surface area (Å²) in [6.07, 6.45) is 4.25. The van der Waals surface area contributed by atoms with Gasteiger partial charge in [0.15, 0.2) is 0 Å². The molecular formula is C16H13N3OS. The Balaban J connectivity index is 1.65. The maximum Gasteiger partial charge on any atom is 0.326 e. The van der Waals surface area contributed by atoms with Crippen LogP contribution in [0.1, 0.15) is 5.56 Å². The van der Waals surface area contributed by atoms with Crippen molar-refractivity contribution in [2.24, 2.45) is 0 Å². The van der Waals surface area contributed by atoms with Crippen molar-refractivity contribution >= 4 is 38.8 Å². The molecule has 4 rings (SSSR count). The summed E-state index contributed by atoms with van der Waals surface area (Å²) >= 11 is 1.74. The molecule has 0 aliphatic carbocycles. The molecule has 2 amide bonds. The second-order valence-corrected chi connectivity index (χ2v) is 5.95. The van der Waals surface area contributed by atoms with Gasteiger partial charge in [-0.2, -0.15) is 0 Å². The average molecular weight is 295 g/mol. The normalized spacial score (nSPS) is 13.4. The van der Waals surface area contributed by atoms with Crippen LogP contribution in [0.2, 0.25) is 0 Å². The number of anilines is 2. The van der Waals surface area contributed by atoms with E-state index in [1.54, 1.807) is 35.9 Å². The molecule has 21 heavy (non-hydrogen) atoms. The fraction of sp³-hybridized carbons (Fsp3) is 0.125. The summed E-state index contributed by atoms with van der Waals surface area (Å²) in [5.41, 5.74) is 3.03. The summed E-state index contributed by atoms with van der Waals surface area (Å²) in [7, 11) is 0. The number of aromatic nitrogens is 1. The second-order valence-electron chi connectivity index (χ2n) is 5.01. The van der Waals surface area contributed by atoms with Crippen molar-refractivity contribution in [3.63, 3.8) is 0 Å². The molecule has 0 bridgehead atoms. The van der Waals surface area contributed by atoms with Crippen molar-refractivity contribution in [2.75, 3.05) is 16.8 Å². The van der Waals surface area contributed by atoms with Crippen molar-refractivity contribution in [3.8, 4) is 0 Å². The summed E-state index contributed by atoms with van der Waals surface area (Å²) in [5, 5.41) is 6.20. The molecular weight excluding hydrogens is 282 g/mol. The zero-order valence-corrected chi connectivity index (χ0v) is 12.1. The van der Waals surface area contributed by atoms with Crippen molar-refractivity contribution in [1.82, 2.24) is 4.98 Å². The van der Waals surface area contributed by atoms with Crippen LogP contribution in [0.25, 0.3) is 10.1 Å². The molecule has 0 saturated heterocycles. The summed E-state index contributed by atoms with van der Waals surface area (Å²) in [4.78, 5) is 18.2. The van der Waals surface area contributed by atoms with Crippen LogP contribution in [0.3, 0.4) is 0 Å². The minimum absolute atomic E-state index is 0.0884. The summed E-state index contributed by atoms with van der Waals surface area (Å²) in [5.74, 6) is 0. The molecule has 5 heteroatoms. The average Bonchev–Trinajstić information content (AvgIpc) is 3.11. The predicted molar refractivity (Wildman–Crippen MR) is 86.1 cm³/mol. The Labute approximate surface area is 126 Å². The van der Waals surface area contributed by atoms with E-state index in [4.69, 9.17) is 0 Å². The van der Waals surface area contributed by atoms with Gasteiger partial charge in [-0.25, -0.2) is 4.79 Å². The molecule has 0 unspecified atom stereocenters. The number of thiophene rings is 1. The van der Waals surface area contributed by atoms with Gasteiger partial charge in [0.05, 0.1) is 0 Å². The Kier molecular flexibility index (Phi) is 2.86. The Morgan fingerprint density at radius 3 is 2.95 bits per heavy atom. The Bertz CT molecular complexity index is 813. The smallest absolute Gasteiger partial charge is 0.307 e. The number of hydrogen-bond donors (Lipinski definition) is 1. The molecule has 1 N–H and O–H groups in total. The van der Waals surface area contributed by atoms with Crippen molar-refractivity contribution in [1.29, 1.82) is 0 Å². The monoisotopic (exact) mass is 295 g/mol. The predicted octanol–water partition coefficient (Wildman–Crippen LogP) is 3.89. The molecule has 2 aromatic heterocycles. The Morgan fingerprint density at radius 2 is 2.10 bits per heavy atom. The number of urea groups is 1. The van der Waals surface area contributed by atoms with Gasteiger partial charge >= 0.3 is 6.03 Å². The number of carbonyl (C=O) groups is 1. The van der Waals surface area contributed by atoms with Crippen molar-refractivity contribution < 1.29 is 4.79 Å². The third-order valence-corrected chi connectivity index (χ3v) is 4.61. The van der Waals surface area contributed by atoms with Crippen molar-refractivity contribution in [2.45, 2.75) is 6.42 Å². The van der Waals surface area contributed by atoms with E-state index in [9.17, 15) is 4.79 Å². The molecule has 0 spiro atoms. The summed E-state index contributed by atoms with van der Waals surface area (Å²) in [6, 6.07) is 9.90. The zero-order valence-electron chi connectivity index (χ0n) is 11.2. The largest absolute Gasteiger partial charge is 0.326 e.